The number of anilines is 1. The fourth-order valence-electron chi connectivity index (χ4n) is 2.05. The molecule has 1 rings (SSSR count). The minimum absolute atomic E-state index is 0.838. The maximum atomic E-state index is 5.70. The van der Waals surface area contributed by atoms with E-state index >= 15 is 0 Å². The molecule has 0 heterocycles. The molecule has 0 aliphatic rings. The average Bonchev–Trinajstić information content (AvgIpc) is 2.40. The summed E-state index contributed by atoms with van der Waals surface area (Å²) < 4.78 is 0. The van der Waals surface area contributed by atoms with Gasteiger partial charge in [0.25, 0.3) is 0 Å². The highest BCUT2D eigenvalue weighted by molar-refractivity contribution is 5.39. The minimum atomic E-state index is 0.838. The smallest absolute Gasteiger partial charge is 0.0314 e. The van der Waals surface area contributed by atoms with Crippen molar-refractivity contribution in [3.8, 4) is 0 Å². The Morgan fingerprint density at radius 1 is 0.833 bits per heavy atom. The van der Waals surface area contributed by atoms with Crippen LogP contribution in [0.5, 0.6) is 0 Å². The van der Waals surface area contributed by atoms with Crippen molar-refractivity contribution in [2.45, 2.75) is 27.3 Å². The standard InChI is InChI=1S/C15H27N3/c1-4-17(5-2)11-12-18(6-3)13-14-7-9-15(16)10-8-14/h7-10H,4-6,11-13,16H2,1-3H3. The molecule has 0 aromatic heterocycles. The van der Waals surface area contributed by atoms with Gasteiger partial charge in [0.1, 0.15) is 0 Å². The van der Waals surface area contributed by atoms with Crippen molar-refractivity contribution in [3.05, 3.63) is 29.8 Å². The zero-order valence-electron chi connectivity index (χ0n) is 12.0. The lowest BCUT2D eigenvalue weighted by Crippen LogP contribution is -2.34. The SMILES string of the molecule is CCN(CC)CCN(CC)Cc1ccc(N)cc1. The summed E-state index contributed by atoms with van der Waals surface area (Å²) in [6, 6.07) is 8.20. The topological polar surface area (TPSA) is 32.5 Å². The van der Waals surface area contributed by atoms with Crippen molar-refractivity contribution < 1.29 is 0 Å². The van der Waals surface area contributed by atoms with Crippen LogP contribution in [0.25, 0.3) is 0 Å². The monoisotopic (exact) mass is 249 g/mol. The van der Waals surface area contributed by atoms with Gasteiger partial charge in [-0.15, -0.1) is 0 Å². The predicted molar refractivity (Wildman–Crippen MR) is 79.6 cm³/mol. The first kappa shape index (κ1) is 15.0. The molecule has 0 bridgehead atoms. The molecule has 0 fully saturated rings. The van der Waals surface area contributed by atoms with Crippen molar-refractivity contribution in [1.29, 1.82) is 0 Å². The molecule has 3 nitrogen and oxygen atoms in total. The first-order valence-electron chi connectivity index (χ1n) is 6.98. The molecule has 3 heteroatoms. The van der Waals surface area contributed by atoms with Crippen molar-refractivity contribution >= 4 is 5.69 Å². The number of nitrogens with zero attached hydrogens (tertiary/aromatic N) is 2. The summed E-state index contributed by atoms with van der Waals surface area (Å²) in [5, 5.41) is 0. The van der Waals surface area contributed by atoms with Crippen LogP contribution >= 0.6 is 0 Å². The third kappa shape index (κ3) is 5.07. The van der Waals surface area contributed by atoms with Crippen molar-refractivity contribution in [1.82, 2.24) is 9.80 Å². The van der Waals surface area contributed by atoms with E-state index in [-0.39, 0.29) is 0 Å². The van der Waals surface area contributed by atoms with E-state index in [1.807, 2.05) is 12.1 Å². The normalized spacial score (nSPS) is 11.4. The van der Waals surface area contributed by atoms with Crippen LogP contribution in [0.2, 0.25) is 0 Å². The average molecular weight is 249 g/mol. The minimum Gasteiger partial charge on any atom is -0.399 e. The number of benzene rings is 1. The van der Waals surface area contributed by atoms with Gasteiger partial charge in [0.15, 0.2) is 0 Å². The maximum absolute atomic E-state index is 5.70. The Morgan fingerprint density at radius 3 is 1.83 bits per heavy atom. The highest BCUT2D eigenvalue weighted by Gasteiger charge is 2.06. The molecule has 0 spiro atoms. The number of nitrogen functional groups attached to an aromatic ring is 1. The molecule has 0 saturated heterocycles. The first-order chi connectivity index (χ1) is 8.69. The Kier molecular flexibility index (Phi) is 6.76. The summed E-state index contributed by atoms with van der Waals surface area (Å²) in [5.74, 6) is 0. The van der Waals surface area contributed by atoms with Gasteiger partial charge in [-0.05, 0) is 37.3 Å². The molecule has 0 saturated carbocycles. The first-order valence-corrected chi connectivity index (χ1v) is 6.98. The van der Waals surface area contributed by atoms with Crippen molar-refractivity contribution in [2.75, 3.05) is 38.5 Å². The van der Waals surface area contributed by atoms with Crippen LogP contribution in [-0.4, -0.2) is 42.5 Å². The summed E-state index contributed by atoms with van der Waals surface area (Å²) in [6.45, 7) is 13.3. The molecule has 102 valence electrons. The fraction of sp³-hybridized carbons (Fsp3) is 0.600. The fourth-order valence-corrected chi connectivity index (χ4v) is 2.05. The number of likely N-dealkylation sites (N-methyl/N-ethyl adjacent to an activating group) is 2. The van der Waals surface area contributed by atoms with Gasteiger partial charge in [-0.25, -0.2) is 0 Å². The summed E-state index contributed by atoms with van der Waals surface area (Å²) in [6.07, 6.45) is 0. The summed E-state index contributed by atoms with van der Waals surface area (Å²) in [4.78, 5) is 4.94. The van der Waals surface area contributed by atoms with Crippen LogP contribution in [0, 0.1) is 0 Å². The Labute approximate surface area is 112 Å². The number of nitrogens with two attached hydrogens (primary N) is 1. The van der Waals surface area contributed by atoms with Crippen LogP contribution < -0.4 is 5.73 Å². The molecule has 1 aromatic carbocycles. The zero-order valence-corrected chi connectivity index (χ0v) is 12.0. The molecule has 0 atom stereocenters. The van der Waals surface area contributed by atoms with Crippen LogP contribution in [-0.2, 0) is 6.54 Å². The Morgan fingerprint density at radius 2 is 1.33 bits per heavy atom. The third-order valence-electron chi connectivity index (χ3n) is 3.46. The van der Waals surface area contributed by atoms with E-state index in [1.165, 1.54) is 5.56 Å². The number of hydrogen-bond acceptors (Lipinski definition) is 3. The van der Waals surface area contributed by atoms with Crippen LogP contribution in [0.4, 0.5) is 5.69 Å². The Hall–Kier alpha value is -1.06. The quantitative estimate of drug-likeness (QED) is 0.718. The van der Waals surface area contributed by atoms with E-state index in [2.05, 4.69) is 42.7 Å². The van der Waals surface area contributed by atoms with Gasteiger partial charge >= 0.3 is 0 Å². The third-order valence-corrected chi connectivity index (χ3v) is 3.46. The molecular weight excluding hydrogens is 222 g/mol. The number of hydrogen-bond donors (Lipinski definition) is 1. The number of rotatable bonds is 8. The molecule has 0 unspecified atom stereocenters. The van der Waals surface area contributed by atoms with Crippen LogP contribution in [0.1, 0.15) is 26.3 Å². The van der Waals surface area contributed by atoms with E-state index in [9.17, 15) is 0 Å². The molecule has 2 N–H and O–H groups in total. The lowest BCUT2D eigenvalue weighted by molar-refractivity contribution is 0.215. The van der Waals surface area contributed by atoms with Crippen molar-refractivity contribution in [3.63, 3.8) is 0 Å². The molecule has 0 amide bonds. The largest absolute Gasteiger partial charge is 0.399 e. The lowest BCUT2D eigenvalue weighted by Gasteiger charge is -2.25. The van der Waals surface area contributed by atoms with Crippen LogP contribution in [0.3, 0.4) is 0 Å². The van der Waals surface area contributed by atoms with Crippen molar-refractivity contribution in [2.24, 2.45) is 0 Å². The Balaban J connectivity index is 2.44. The van der Waals surface area contributed by atoms with Gasteiger partial charge in [-0.1, -0.05) is 32.9 Å². The van der Waals surface area contributed by atoms with E-state index in [0.29, 0.717) is 0 Å². The van der Waals surface area contributed by atoms with E-state index in [1.54, 1.807) is 0 Å². The Bertz CT molecular complexity index is 317. The van der Waals surface area contributed by atoms with Gasteiger partial charge < -0.3 is 10.6 Å². The van der Waals surface area contributed by atoms with Gasteiger partial charge in [-0.3, -0.25) is 4.90 Å². The molecule has 0 radical (unpaired) electrons. The van der Waals surface area contributed by atoms with Gasteiger partial charge in [-0.2, -0.15) is 0 Å². The van der Waals surface area contributed by atoms with E-state index in [0.717, 1.165) is 45.0 Å². The van der Waals surface area contributed by atoms with E-state index < -0.39 is 0 Å². The summed E-state index contributed by atoms with van der Waals surface area (Å²) in [7, 11) is 0. The molecular formula is C15H27N3. The second kappa shape index (κ2) is 8.11. The highest BCUT2D eigenvalue weighted by Crippen LogP contribution is 2.08. The predicted octanol–water partition coefficient (Wildman–Crippen LogP) is 2.43. The second-order valence-electron chi connectivity index (χ2n) is 4.64. The molecule has 1 aromatic rings. The highest BCUT2D eigenvalue weighted by atomic mass is 15.2. The van der Waals surface area contributed by atoms with E-state index in [4.69, 9.17) is 5.73 Å². The summed E-state index contributed by atoms with van der Waals surface area (Å²) >= 11 is 0. The molecule has 0 aliphatic carbocycles. The molecule has 0 aliphatic heterocycles. The van der Waals surface area contributed by atoms with Gasteiger partial charge in [0.2, 0.25) is 0 Å². The van der Waals surface area contributed by atoms with Gasteiger partial charge in [0.05, 0.1) is 0 Å². The maximum Gasteiger partial charge on any atom is 0.0314 e. The zero-order chi connectivity index (χ0) is 13.4. The molecule has 18 heavy (non-hydrogen) atoms. The summed E-state index contributed by atoms with van der Waals surface area (Å²) in [5.41, 5.74) is 7.88. The second-order valence-corrected chi connectivity index (χ2v) is 4.64. The lowest BCUT2D eigenvalue weighted by atomic mass is 10.2. The van der Waals surface area contributed by atoms with Crippen LogP contribution in [0.15, 0.2) is 24.3 Å². The van der Waals surface area contributed by atoms with Gasteiger partial charge in [0, 0.05) is 25.3 Å².